The van der Waals surface area contributed by atoms with Crippen LogP contribution in [0.1, 0.15) is 21.7 Å². The monoisotopic (exact) mass is 391 g/mol. The highest BCUT2D eigenvalue weighted by atomic mass is 32.1. The van der Waals surface area contributed by atoms with Crippen molar-refractivity contribution in [3.05, 3.63) is 75.6 Å². The van der Waals surface area contributed by atoms with Crippen molar-refractivity contribution in [1.29, 1.82) is 0 Å². The van der Waals surface area contributed by atoms with E-state index in [0.717, 1.165) is 47.9 Å². The Morgan fingerprint density at radius 3 is 2.68 bits per heavy atom. The van der Waals surface area contributed by atoms with E-state index in [1.165, 1.54) is 11.1 Å². The summed E-state index contributed by atoms with van der Waals surface area (Å²) in [5, 5.41) is 6.19. The fourth-order valence-corrected chi connectivity index (χ4v) is 4.26. The van der Waals surface area contributed by atoms with Crippen LogP contribution in [-0.2, 0) is 24.2 Å². The Balaban J connectivity index is 1.23. The van der Waals surface area contributed by atoms with Gasteiger partial charge in [-0.3, -0.25) is 9.69 Å². The molecule has 0 fully saturated rings. The van der Waals surface area contributed by atoms with Crippen molar-refractivity contribution in [2.75, 3.05) is 19.6 Å². The zero-order chi connectivity index (χ0) is 19.3. The molecule has 28 heavy (non-hydrogen) atoms. The molecule has 4 nitrogen and oxygen atoms in total. The molecule has 1 aromatic heterocycles. The molecular formula is C23H25N3OS. The molecule has 0 aliphatic carbocycles. The van der Waals surface area contributed by atoms with E-state index >= 15 is 0 Å². The molecule has 1 amide bonds. The first-order valence-electron chi connectivity index (χ1n) is 9.75. The Morgan fingerprint density at radius 2 is 1.93 bits per heavy atom. The molecule has 3 aromatic rings. The Hall–Kier alpha value is -2.50. The van der Waals surface area contributed by atoms with Crippen molar-refractivity contribution < 1.29 is 4.79 Å². The topological polar surface area (TPSA) is 45.2 Å². The molecule has 0 saturated carbocycles. The van der Waals surface area contributed by atoms with Crippen LogP contribution in [0.4, 0.5) is 0 Å². The fraction of sp³-hybridized carbons (Fsp3) is 0.304. The van der Waals surface area contributed by atoms with Crippen molar-refractivity contribution >= 4 is 17.2 Å². The second-order valence-corrected chi connectivity index (χ2v) is 8.33. The first kappa shape index (κ1) is 18.8. The number of carbonyl (C=O) groups is 1. The molecular weight excluding hydrogens is 366 g/mol. The third-order valence-electron chi connectivity index (χ3n) is 5.19. The van der Waals surface area contributed by atoms with Gasteiger partial charge in [0, 0.05) is 37.1 Å². The highest BCUT2D eigenvalue weighted by molar-refractivity contribution is 7.09. The molecule has 5 heteroatoms. The molecule has 0 bridgehead atoms. The van der Waals surface area contributed by atoms with Gasteiger partial charge in [0.2, 0.25) is 5.91 Å². The van der Waals surface area contributed by atoms with Gasteiger partial charge in [0.1, 0.15) is 0 Å². The maximum absolute atomic E-state index is 12.3. The van der Waals surface area contributed by atoms with E-state index in [1.807, 2.05) is 31.2 Å². The van der Waals surface area contributed by atoms with Crippen LogP contribution < -0.4 is 5.32 Å². The normalized spacial score (nSPS) is 13.9. The van der Waals surface area contributed by atoms with Gasteiger partial charge in [0.25, 0.3) is 0 Å². The molecule has 0 spiro atoms. The minimum absolute atomic E-state index is 0.0784. The zero-order valence-electron chi connectivity index (χ0n) is 16.1. The predicted octanol–water partition coefficient (Wildman–Crippen LogP) is 3.84. The van der Waals surface area contributed by atoms with E-state index in [2.05, 4.69) is 44.8 Å². The third kappa shape index (κ3) is 4.66. The number of amides is 1. The quantitative estimate of drug-likeness (QED) is 0.694. The number of aryl methyl sites for hydroxylation is 1. The number of nitrogens with one attached hydrogen (secondary N) is 1. The molecule has 2 aromatic carbocycles. The lowest BCUT2D eigenvalue weighted by Crippen LogP contribution is -2.38. The number of nitrogens with zero attached hydrogens (tertiary/aromatic N) is 2. The zero-order valence-corrected chi connectivity index (χ0v) is 17.0. The van der Waals surface area contributed by atoms with Crippen LogP contribution in [0.2, 0.25) is 0 Å². The number of hydrogen-bond acceptors (Lipinski definition) is 4. The number of fused-ring (bicyclic) bond motifs is 1. The molecule has 144 valence electrons. The first-order chi connectivity index (χ1) is 13.7. The molecule has 0 atom stereocenters. The van der Waals surface area contributed by atoms with Gasteiger partial charge in [-0.1, -0.05) is 48.5 Å². The van der Waals surface area contributed by atoms with Gasteiger partial charge in [0.05, 0.1) is 17.1 Å². The fourth-order valence-electron chi connectivity index (χ4n) is 3.64. The lowest BCUT2D eigenvalue weighted by atomic mass is 10.00. The summed E-state index contributed by atoms with van der Waals surface area (Å²) < 4.78 is 0. The van der Waals surface area contributed by atoms with Crippen LogP contribution in [-0.4, -0.2) is 35.4 Å². The van der Waals surface area contributed by atoms with Gasteiger partial charge in [-0.05, 0) is 30.0 Å². The SMILES string of the molecule is Cc1nc(-c2ccc(CC(=O)NCCN3CCc4ccccc4C3)cc2)cs1. The number of thiazole rings is 1. The summed E-state index contributed by atoms with van der Waals surface area (Å²) in [6.45, 7) is 5.63. The highest BCUT2D eigenvalue weighted by Crippen LogP contribution is 2.22. The van der Waals surface area contributed by atoms with Gasteiger partial charge in [-0.15, -0.1) is 11.3 Å². The number of hydrogen-bond donors (Lipinski definition) is 1. The van der Waals surface area contributed by atoms with Gasteiger partial charge >= 0.3 is 0 Å². The molecule has 2 heterocycles. The number of benzene rings is 2. The third-order valence-corrected chi connectivity index (χ3v) is 5.97. The van der Waals surface area contributed by atoms with E-state index in [4.69, 9.17) is 0 Å². The summed E-state index contributed by atoms with van der Waals surface area (Å²) >= 11 is 1.65. The summed E-state index contributed by atoms with van der Waals surface area (Å²) in [7, 11) is 0. The summed E-state index contributed by atoms with van der Waals surface area (Å²) in [4.78, 5) is 19.2. The lowest BCUT2D eigenvalue weighted by Gasteiger charge is -2.28. The van der Waals surface area contributed by atoms with Gasteiger partial charge < -0.3 is 5.32 Å². The van der Waals surface area contributed by atoms with Crippen LogP contribution in [0.15, 0.2) is 53.9 Å². The molecule has 1 aliphatic heterocycles. The van der Waals surface area contributed by atoms with Crippen molar-refractivity contribution in [3.8, 4) is 11.3 Å². The van der Waals surface area contributed by atoms with Crippen LogP contribution in [0.3, 0.4) is 0 Å². The van der Waals surface area contributed by atoms with E-state index in [9.17, 15) is 4.79 Å². The average Bonchev–Trinajstić information content (AvgIpc) is 3.15. The Bertz CT molecular complexity index is 948. The number of aromatic nitrogens is 1. The minimum atomic E-state index is 0.0784. The predicted molar refractivity (Wildman–Crippen MR) is 114 cm³/mol. The van der Waals surface area contributed by atoms with Gasteiger partial charge in [-0.25, -0.2) is 4.98 Å². The van der Waals surface area contributed by atoms with E-state index in [-0.39, 0.29) is 5.91 Å². The van der Waals surface area contributed by atoms with E-state index < -0.39 is 0 Å². The molecule has 1 aliphatic rings. The van der Waals surface area contributed by atoms with Gasteiger partial charge in [-0.2, -0.15) is 0 Å². The van der Waals surface area contributed by atoms with Crippen molar-refractivity contribution in [3.63, 3.8) is 0 Å². The Kier molecular flexibility index (Phi) is 5.84. The van der Waals surface area contributed by atoms with Crippen molar-refractivity contribution in [2.45, 2.75) is 26.3 Å². The smallest absolute Gasteiger partial charge is 0.224 e. The van der Waals surface area contributed by atoms with Crippen molar-refractivity contribution in [2.24, 2.45) is 0 Å². The maximum Gasteiger partial charge on any atom is 0.224 e. The molecule has 1 N–H and O–H groups in total. The molecule has 4 rings (SSSR count). The van der Waals surface area contributed by atoms with Crippen LogP contribution in [0, 0.1) is 6.92 Å². The van der Waals surface area contributed by atoms with Crippen LogP contribution in [0.25, 0.3) is 11.3 Å². The standard InChI is InChI=1S/C23H25N3OS/c1-17-25-22(16-28-17)20-8-6-18(7-9-20)14-23(27)24-11-13-26-12-10-19-4-2-3-5-21(19)15-26/h2-9,16H,10-15H2,1H3,(H,24,27). The average molecular weight is 392 g/mol. The van der Waals surface area contributed by atoms with Crippen molar-refractivity contribution in [1.82, 2.24) is 15.2 Å². The van der Waals surface area contributed by atoms with Crippen LogP contribution >= 0.6 is 11.3 Å². The molecule has 0 radical (unpaired) electrons. The number of rotatable bonds is 6. The summed E-state index contributed by atoms with van der Waals surface area (Å²) in [5.41, 5.74) is 6.00. The van der Waals surface area contributed by atoms with E-state index in [0.29, 0.717) is 13.0 Å². The number of carbonyl (C=O) groups excluding carboxylic acids is 1. The Labute approximate surface area is 170 Å². The summed E-state index contributed by atoms with van der Waals surface area (Å²) in [6.07, 6.45) is 1.51. The summed E-state index contributed by atoms with van der Waals surface area (Å²) in [6, 6.07) is 16.8. The second kappa shape index (κ2) is 8.67. The second-order valence-electron chi connectivity index (χ2n) is 7.27. The van der Waals surface area contributed by atoms with Gasteiger partial charge in [0.15, 0.2) is 0 Å². The highest BCUT2D eigenvalue weighted by Gasteiger charge is 2.15. The Morgan fingerprint density at radius 1 is 1.14 bits per heavy atom. The molecule has 0 saturated heterocycles. The summed E-state index contributed by atoms with van der Waals surface area (Å²) in [5.74, 6) is 0.0784. The largest absolute Gasteiger partial charge is 0.355 e. The molecule has 0 unspecified atom stereocenters. The minimum Gasteiger partial charge on any atom is -0.355 e. The van der Waals surface area contributed by atoms with Crippen LogP contribution in [0.5, 0.6) is 0 Å². The first-order valence-corrected chi connectivity index (χ1v) is 10.6. The maximum atomic E-state index is 12.3. The lowest BCUT2D eigenvalue weighted by molar-refractivity contribution is -0.120. The van der Waals surface area contributed by atoms with E-state index in [1.54, 1.807) is 11.3 Å².